The van der Waals surface area contributed by atoms with E-state index in [-0.39, 0.29) is 133 Å². The third-order valence-corrected chi connectivity index (χ3v) is 12.4. The van der Waals surface area contributed by atoms with Crippen molar-refractivity contribution in [3.8, 4) is 22.6 Å². The zero-order chi connectivity index (χ0) is 45.7. The number of benzene rings is 8. The van der Waals surface area contributed by atoms with Crippen molar-refractivity contribution in [3.05, 3.63) is 127 Å². The van der Waals surface area contributed by atoms with E-state index in [1.54, 1.807) is 54.6 Å². The van der Waals surface area contributed by atoms with Gasteiger partial charge in [0.05, 0.1) is 33.3 Å². The molecule has 0 aromatic heterocycles. The Morgan fingerprint density at radius 1 is 0.448 bits per heavy atom. The number of nitrogen functional groups attached to an aromatic ring is 2. The zero-order valence-corrected chi connectivity index (χ0v) is 43.7. The summed E-state index contributed by atoms with van der Waals surface area (Å²) < 4.78 is 106. The fourth-order valence-corrected chi connectivity index (χ4v) is 8.65. The Kier molecular flexibility index (Phi) is 16.6. The van der Waals surface area contributed by atoms with Gasteiger partial charge in [0.1, 0.15) is 25.6 Å². The topological polar surface area (TPSA) is 338 Å². The summed E-state index contributed by atoms with van der Waals surface area (Å²) >= 11 is 0. The average molecular weight is 985 g/mol. The van der Waals surface area contributed by atoms with E-state index in [1.165, 1.54) is 48.5 Å². The van der Waals surface area contributed by atoms with E-state index < -0.39 is 73.6 Å². The summed E-state index contributed by atoms with van der Waals surface area (Å²) in [6, 6.07) is 30.3. The SMILES string of the molecule is Nc1ccc2cc(S(=O)(=O)O)c(N=Nc3ccc(-c4ccc(N=Nc5c(S(=O)(=O)O)cc6cc(S(=O)(=O)[O-])c(N=Nc7ccc(N)c8ccccc78)cc6c5[O-])cc4)cc3)c([O-])c2c1.[Na+].[Na+].[Na+]. The van der Waals surface area contributed by atoms with E-state index in [9.17, 15) is 49.1 Å². The molecule has 0 radical (unpaired) electrons. The Hall–Kier alpha value is -4.73. The molecule has 8 rings (SSSR count). The van der Waals surface area contributed by atoms with Gasteiger partial charge in [-0.2, -0.15) is 27.1 Å². The maximum atomic E-state index is 13.8. The fraction of sp³-hybridized carbons (Fsp3) is 0. The first-order valence-corrected chi connectivity index (χ1v) is 22.5. The van der Waals surface area contributed by atoms with Crippen LogP contribution in [0.5, 0.6) is 11.5 Å². The Bertz CT molecular complexity index is 3700. The van der Waals surface area contributed by atoms with E-state index in [1.807, 2.05) is 0 Å². The van der Waals surface area contributed by atoms with Crippen LogP contribution in [0, 0.1) is 0 Å². The van der Waals surface area contributed by atoms with Crippen LogP contribution in [-0.2, 0) is 30.4 Å². The molecular formula is C42H27N8Na3O11S3. The van der Waals surface area contributed by atoms with Crippen molar-refractivity contribution >= 4 is 108 Å². The molecule has 0 saturated carbocycles. The summed E-state index contributed by atoms with van der Waals surface area (Å²) in [5, 5.41) is 51.7. The van der Waals surface area contributed by atoms with Gasteiger partial charge in [0.15, 0.2) is 0 Å². The van der Waals surface area contributed by atoms with Crippen molar-refractivity contribution in [1.82, 2.24) is 0 Å². The van der Waals surface area contributed by atoms with E-state index in [4.69, 9.17) is 11.5 Å². The van der Waals surface area contributed by atoms with Gasteiger partial charge in [-0.1, -0.05) is 66.1 Å². The van der Waals surface area contributed by atoms with Crippen molar-refractivity contribution in [1.29, 1.82) is 0 Å². The quantitative estimate of drug-likeness (QED) is 0.0597. The minimum atomic E-state index is -5.28. The van der Waals surface area contributed by atoms with E-state index in [2.05, 4.69) is 30.7 Å². The third-order valence-electron chi connectivity index (χ3n) is 9.79. The molecule has 0 saturated heterocycles. The molecule has 0 heterocycles. The Morgan fingerprint density at radius 3 is 1.42 bits per heavy atom. The molecule has 0 atom stereocenters. The van der Waals surface area contributed by atoms with E-state index >= 15 is 0 Å². The summed E-state index contributed by atoms with van der Waals surface area (Å²) in [6.07, 6.45) is 0. The van der Waals surface area contributed by atoms with Crippen LogP contribution >= 0.6 is 0 Å². The number of nitrogens with zero attached hydrogens (tertiary/aromatic N) is 6. The average Bonchev–Trinajstić information content (AvgIpc) is 3.25. The molecule has 0 bridgehead atoms. The number of azo groups is 3. The molecule has 67 heavy (non-hydrogen) atoms. The second-order valence-electron chi connectivity index (χ2n) is 13.9. The van der Waals surface area contributed by atoms with Crippen molar-refractivity contribution in [2.75, 3.05) is 11.5 Å². The number of hydrogen-bond acceptors (Lipinski definition) is 17. The molecular weight excluding hydrogens is 958 g/mol. The van der Waals surface area contributed by atoms with Crippen molar-refractivity contribution in [2.45, 2.75) is 14.7 Å². The van der Waals surface area contributed by atoms with Gasteiger partial charge in [0.25, 0.3) is 20.2 Å². The first-order chi connectivity index (χ1) is 30.3. The smallest absolute Gasteiger partial charge is 0.871 e. The van der Waals surface area contributed by atoms with Crippen LogP contribution in [0.2, 0.25) is 0 Å². The summed E-state index contributed by atoms with van der Waals surface area (Å²) in [7, 11) is -15.3. The second kappa shape index (κ2) is 20.9. The Balaban J connectivity index is 0.00000280. The summed E-state index contributed by atoms with van der Waals surface area (Å²) in [5.41, 5.74) is 12.5. The van der Waals surface area contributed by atoms with Gasteiger partial charge >= 0.3 is 88.7 Å². The Labute approximate surface area is 447 Å². The van der Waals surface area contributed by atoms with Gasteiger partial charge in [0.2, 0.25) is 0 Å². The van der Waals surface area contributed by atoms with Gasteiger partial charge < -0.3 is 26.2 Å². The summed E-state index contributed by atoms with van der Waals surface area (Å²) in [5.74, 6) is -1.90. The predicted molar refractivity (Wildman–Crippen MR) is 232 cm³/mol. The van der Waals surface area contributed by atoms with Crippen molar-refractivity contribution in [2.24, 2.45) is 30.7 Å². The largest absolute Gasteiger partial charge is 1.00 e. The molecule has 0 amide bonds. The van der Waals surface area contributed by atoms with E-state index in [0.29, 0.717) is 27.6 Å². The van der Waals surface area contributed by atoms with Gasteiger partial charge in [-0.05, 0) is 105 Å². The second-order valence-corrected chi connectivity index (χ2v) is 18.1. The van der Waals surface area contributed by atoms with Crippen LogP contribution in [0.4, 0.5) is 45.5 Å². The molecule has 19 nitrogen and oxygen atoms in total. The number of rotatable bonds is 10. The molecule has 0 aliphatic rings. The predicted octanol–water partition coefficient (Wildman–Crippen LogP) is -0.219. The van der Waals surface area contributed by atoms with Crippen LogP contribution in [0.15, 0.2) is 173 Å². The maximum absolute atomic E-state index is 13.8. The van der Waals surface area contributed by atoms with Gasteiger partial charge in [-0.25, -0.2) is 8.42 Å². The van der Waals surface area contributed by atoms with Crippen LogP contribution in [0.1, 0.15) is 0 Å². The molecule has 6 N–H and O–H groups in total. The molecule has 0 spiro atoms. The van der Waals surface area contributed by atoms with Crippen LogP contribution in [-0.4, -0.2) is 38.9 Å². The van der Waals surface area contributed by atoms with Gasteiger partial charge in [-0.15, -0.1) is 20.5 Å². The molecule has 8 aromatic carbocycles. The molecule has 0 aliphatic carbocycles. The number of anilines is 2. The Morgan fingerprint density at radius 2 is 0.910 bits per heavy atom. The van der Waals surface area contributed by atoms with Crippen LogP contribution < -0.4 is 110 Å². The number of nitrogens with two attached hydrogens (primary N) is 2. The number of fused-ring (bicyclic) bond motifs is 3. The van der Waals surface area contributed by atoms with Gasteiger partial charge in [0, 0.05) is 22.1 Å². The standard InChI is InChI=1S/C42H30N8O11S3.3Na/c43-26-10-5-24-17-37(63(56,57)58)39(41(51)31(24)20-26)49-45-27-11-6-22(7-12-27)23-8-13-28(14-9-23)46-50-40-38(64(59,60)61)19-25-18-36(62(53,54)55)35(21-32(25)42(40)52)48-47-34-16-15-33(44)29-3-1-2-4-30(29)34;;;/h1-21,51-52H,43-44H2,(H,53,54,55)(H,56,57,58)(H,59,60,61);;;/q;3*+1/p-3. The summed E-state index contributed by atoms with van der Waals surface area (Å²) in [4.78, 5) is -2.65. The molecule has 0 unspecified atom stereocenters. The monoisotopic (exact) mass is 984 g/mol. The van der Waals surface area contributed by atoms with Crippen molar-refractivity contribution < 1.29 is 138 Å². The van der Waals surface area contributed by atoms with Crippen molar-refractivity contribution in [3.63, 3.8) is 0 Å². The molecule has 8 aromatic rings. The normalized spacial score (nSPS) is 12.2. The number of hydrogen-bond donors (Lipinski definition) is 4. The molecule has 0 fully saturated rings. The fourth-order valence-electron chi connectivity index (χ4n) is 6.71. The molecule has 0 aliphatic heterocycles. The first kappa shape index (κ1) is 53.2. The van der Waals surface area contributed by atoms with E-state index in [0.717, 1.165) is 24.3 Å². The minimum Gasteiger partial charge on any atom is -0.871 e. The van der Waals surface area contributed by atoms with Crippen LogP contribution in [0.3, 0.4) is 0 Å². The molecule has 25 heteroatoms. The first-order valence-electron chi connectivity index (χ1n) is 18.2. The molecule has 322 valence electrons. The maximum Gasteiger partial charge on any atom is 1.00 e. The van der Waals surface area contributed by atoms with Gasteiger partial charge in [-0.3, -0.25) is 9.11 Å². The van der Waals surface area contributed by atoms with Crippen LogP contribution in [0.25, 0.3) is 43.4 Å². The third kappa shape index (κ3) is 11.4. The zero-order valence-electron chi connectivity index (χ0n) is 35.3. The minimum absolute atomic E-state index is 0. The summed E-state index contributed by atoms with van der Waals surface area (Å²) in [6.45, 7) is 0.